The van der Waals surface area contributed by atoms with Crippen molar-refractivity contribution >= 4 is 55.2 Å². The number of pyridine rings is 2. The highest BCUT2D eigenvalue weighted by atomic mass is 16.3. The van der Waals surface area contributed by atoms with Crippen molar-refractivity contribution in [3.63, 3.8) is 0 Å². The second kappa shape index (κ2) is 8.81. The molecule has 9 rings (SSSR count). The molecule has 0 spiro atoms. The van der Waals surface area contributed by atoms with Crippen molar-refractivity contribution in [1.82, 2.24) is 19.9 Å². The molecule has 42 heavy (non-hydrogen) atoms. The third-order valence-corrected chi connectivity index (χ3v) is 7.86. The summed E-state index contributed by atoms with van der Waals surface area (Å²) in [5, 5.41) is 1.98. The Hall–Kier alpha value is -5.88. The quantitative estimate of drug-likeness (QED) is 0.222. The van der Waals surface area contributed by atoms with E-state index in [9.17, 15) is 0 Å². The molecule has 0 amide bonds. The van der Waals surface area contributed by atoms with Gasteiger partial charge in [-0.1, -0.05) is 48.5 Å². The van der Waals surface area contributed by atoms with E-state index in [1.807, 2.05) is 104 Å². The van der Waals surface area contributed by atoms with Crippen LogP contribution in [-0.4, -0.2) is 19.9 Å². The van der Waals surface area contributed by atoms with E-state index >= 15 is 0 Å². The third kappa shape index (κ3) is 3.39. The van der Waals surface area contributed by atoms with Gasteiger partial charge in [0.25, 0.3) is 0 Å². The number of hydrogen-bond acceptors (Lipinski definition) is 6. The molecule has 0 aliphatic rings. The molecule has 9 aromatic rings. The molecule has 5 aromatic heterocycles. The zero-order valence-corrected chi connectivity index (χ0v) is 22.2. The molecule has 0 saturated heterocycles. The fraction of sp³-hybridized carbons (Fsp3) is 0. The highest BCUT2D eigenvalue weighted by Gasteiger charge is 2.20. The van der Waals surface area contributed by atoms with E-state index in [1.54, 1.807) is 0 Å². The summed E-state index contributed by atoms with van der Waals surface area (Å²) in [4.78, 5) is 19.1. The van der Waals surface area contributed by atoms with Crippen LogP contribution in [0.15, 0.2) is 131 Å². The van der Waals surface area contributed by atoms with Gasteiger partial charge >= 0.3 is 0 Å². The van der Waals surface area contributed by atoms with Crippen LogP contribution in [0.2, 0.25) is 0 Å². The molecule has 0 N–H and O–H groups in total. The van der Waals surface area contributed by atoms with Crippen molar-refractivity contribution in [2.24, 2.45) is 0 Å². The molecular weight excluding hydrogens is 520 g/mol. The fourth-order valence-corrected chi connectivity index (χ4v) is 5.89. The van der Waals surface area contributed by atoms with Gasteiger partial charge in [-0.15, -0.1) is 0 Å². The summed E-state index contributed by atoms with van der Waals surface area (Å²) in [6, 6.07) is 34.3. The van der Waals surface area contributed by atoms with Crippen LogP contribution in [0.4, 0.5) is 0 Å². The lowest BCUT2D eigenvalue weighted by Crippen LogP contribution is -1.93. The molecule has 4 aromatic carbocycles. The number of rotatable bonds is 3. The van der Waals surface area contributed by atoms with Crippen LogP contribution in [0.5, 0.6) is 0 Å². The number of fused-ring (bicyclic) bond motifs is 7. The molecule has 5 heterocycles. The van der Waals surface area contributed by atoms with Crippen LogP contribution >= 0.6 is 0 Å². The van der Waals surface area contributed by atoms with Crippen LogP contribution in [0.1, 0.15) is 0 Å². The van der Waals surface area contributed by atoms with Crippen molar-refractivity contribution in [1.29, 1.82) is 0 Å². The zero-order valence-electron chi connectivity index (χ0n) is 22.2. The van der Waals surface area contributed by atoms with E-state index in [0.29, 0.717) is 0 Å². The second-order valence-electron chi connectivity index (χ2n) is 10.3. The number of benzene rings is 4. The summed E-state index contributed by atoms with van der Waals surface area (Å²) in [6.07, 6.45) is 5.51. The molecule has 6 heteroatoms. The molecule has 0 atom stereocenters. The smallest absolute Gasteiger partial charge is 0.161 e. The van der Waals surface area contributed by atoms with Gasteiger partial charge in [0, 0.05) is 39.9 Å². The Labute approximate surface area is 238 Å². The first-order chi connectivity index (χ1) is 20.8. The molecular formula is C36H20N4O2. The van der Waals surface area contributed by atoms with Crippen molar-refractivity contribution in [2.45, 2.75) is 0 Å². The summed E-state index contributed by atoms with van der Waals surface area (Å²) in [5.41, 5.74) is 12.0. The SMILES string of the molecule is c1ccc2nc(-c3cc(-c4ccnc5c4oc4ccccc45)ccc3-c3ccnc4c3oc3ccccc34)cnc2c1. The highest BCUT2D eigenvalue weighted by molar-refractivity contribution is 6.10. The van der Waals surface area contributed by atoms with E-state index < -0.39 is 0 Å². The monoisotopic (exact) mass is 540 g/mol. The van der Waals surface area contributed by atoms with E-state index in [0.717, 1.165) is 88.7 Å². The maximum Gasteiger partial charge on any atom is 0.161 e. The number of aromatic nitrogens is 4. The number of para-hydroxylation sites is 4. The van der Waals surface area contributed by atoms with Gasteiger partial charge in [0.15, 0.2) is 11.2 Å². The van der Waals surface area contributed by atoms with E-state index in [4.69, 9.17) is 18.8 Å². The molecule has 0 fully saturated rings. The van der Waals surface area contributed by atoms with Crippen LogP contribution in [0.3, 0.4) is 0 Å². The second-order valence-corrected chi connectivity index (χ2v) is 10.3. The maximum absolute atomic E-state index is 6.38. The summed E-state index contributed by atoms with van der Waals surface area (Å²) >= 11 is 0. The molecule has 0 radical (unpaired) electrons. The van der Waals surface area contributed by atoms with Gasteiger partial charge in [0.05, 0.1) is 22.9 Å². The fourth-order valence-electron chi connectivity index (χ4n) is 5.89. The Morgan fingerprint density at radius 3 is 1.83 bits per heavy atom. The predicted molar refractivity (Wildman–Crippen MR) is 166 cm³/mol. The Balaban J connectivity index is 1.33. The van der Waals surface area contributed by atoms with E-state index in [2.05, 4.69) is 28.2 Å². The summed E-state index contributed by atoms with van der Waals surface area (Å²) in [7, 11) is 0. The molecule has 0 unspecified atom stereocenters. The third-order valence-electron chi connectivity index (χ3n) is 7.86. The lowest BCUT2D eigenvalue weighted by molar-refractivity contribution is 0.668. The van der Waals surface area contributed by atoms with Gasteiger partial charge in [-0.2, -0.15) is 0 Å². The summed E-state index contributed by atoms with van der Waals surface area (Å²) in [5.74, 6) is 0. The van der Waals surface area contributed by atoms with Crippen LogP contribution < -0.4 is 0 Å². The Morgan fingerprint density at radius 1 is 0.476 bits per heavy atom. The Kier molecular flexibility index (Phi) is 4.80. The normalized spacial score (nSPS) is 11.8. The van der Waals surface area contributed by atoms with Gasteiger partial charge < -0.3 is 8.83 Å². The summed E-state index contributed by atoms with van der Waals surface area (Å²) < 4.78 is 12.7. The van der Waals surface area contributed by atoms with Crippen LogP contribution in [0, 0.1) is 0 Å². The van der Waals surface area contributed by atoms with E-state index in [1.165, 1.54) is 0 Å². The van der Waals surface area contributed by atoms with Crippen molar-refractivity contribution in [3.05, 3.63) is 122 Å². The largest absolute Gasteiger partial charge is 0.454 e. The lowest BCUT2D eigenvalue weighted by atomic mass is 9.93. The summed E-state index contributed by atoms with van der Waals surface area (Å²) in [6.45, 7) is 0. The highest BCUT2D eigenvalue weighted by Crippen LogP contribution is 2.42. The van der Waals surface area contributed by atoms with E-state index in [-0.39, 0.29) is 0 Å². The molecule has 0 saturated carbocycles. The Bertz CT molecular complexity index is 2490. The standard InChI is InChI=1S/C36H20N4O2/c1-5-11-31-25(7-1)33-35(41-31)22(15-17-37-33)21-13-14-23(27(19-21)30-20-39-28-9-3-4-10-29(28)40-30)24-16-18-38-34-26-8-2-6-12-32(26)42-36(24)34/h1-20H. The minimum atomic E-state index is 0.741. The molecule has 196 valence electrons. The molecule has 0 aliphatic heterocycles. The molecule has 0 bridgehead atoms. The van der Waals surface area contributed by atoms with Gasteiger partial charge in [-0.25, -0.2) is 4.98 Å². The first kappa shape index (κ1) is 22.9. The topological polar surface area (TPSA) is 77.8 Å². The number of furan rings is 2. The average molecular weight is 541 g/mol. The Morgan fingerprint density at radius 2 is 1.10 bits per heavy atom. The first-order valence-electron chi connectivity index (χ1n) is 13.7. The van der Waals surface area contributed by atoms with Crippen molar-refractivity contribution in [2.75, 3.05) is 0 Å². The van der Waals surface area contributed by atoms with Gasteiger partial charge in [0.2, 0.25) is 0 Å². The first-order valence-corrected chi connectivity index (χ1v) is 13.7. The van der Waals surface area contributed by atoms with Crippen LogP contribution in [-0.2, 0) is 0 Å². The number of hydrogen-bond donors (Lipinski definition) is 0. The van der Waals surface area contributed by atoms with Crippen molar-refractivity contribution in [3.8, 4) is 33.5 Å². The minimum Gasteiger partial charge on any atom is -0.454 e. The number of nitrogens with zero attached hydrogens (tertiary/aromatic N) is 4. The van der Waals surface area contributed by atoms with Gasteiger partial charge in [0.1, 0.15) is 22.2 Å². The average Bonchev–Trinajstić information content (AvgIpc) is 3.63. The van der Waals surface area contributed by atoms with Gasteiger partial charge in [-0.05, 0) is 65.7 Å². The molecule has 6 nitrogen and oxygen atoms in total. The minimum absolute atomic E-state index is 0.741. The molecule has 0 aliphatic carbocycles. The maximum atomic E-state index is 6.38. The van der Waals surface area contributed by atoms with Crippen molar-refractivity contribution < 1.29 is 8.83 Å². The lowest BCUT2D eigenvalue weighted by Gasteiger charge is -2.13. The van der Waals surface area contributed by atoms with Crippen LogP contribution in [0.25, 0.3) is 88.7 Å². The zero-order chi connectivity index (χ0) is 27.6. The van der Waals surface area contributed by atoms with Gasteiger partial charge in [-0.3, -0.25) is 15.0 Å². The predicted octanol–water partition coefficient (Wildman–Crippen LogP) is 9.22.